The summed E-state index contributed by atoms with van der Waals surface area (Å²) in [5, 5.41) is 5.31. The van der Waals surface area contributed by atoms with Crippen LogP contribution in [0.5, 0.6) is 11.5 Å². The molecule has 0 saturated carbocycles. The van der Waals surface area contributed by atoms with Gasteiger partial charge in [-0.15, -0.1) is 0 Å². The first-order valence-corrected chi connectivity index (χ1v) is 6.60. The van der Waals surface area contributed by atoms with Crippen LogP contribution in [-0.2, 0) is 0 Å². The van der Waals surface area contributed by atoms with E-state index in [1.54, 1.807) is 6.20 Å². The molecule has 5 heteroatoms. The highest BCUT2D eigenvalue weighted by molar-refractivity contribution is 5.95. The number of benzene rings is 2. The second kappa shape index (κ2) is 4.56. The van der Waals surface area contributed by atoms with Gasteiger partial charge in [-0.1, -0.05) is 6.07 Å². The molecule has 0 bridgehead atoms. The van der Waals surface area contributed by atoms with E-state index in [1.165, 1.54) is 0 Å². The van der Waals surface area contributed by atoms with Crippen LogP contribution in [-0.4, -0.2) is 11.8 Å². The predicted molar refractivity (Wildman–Crippen MR) is 82.0 cm³/mol. The summed E-state index contributed by atoms with van der Waals surface area (Å²) < 4.78 is 10.8. The van der Waals surface area contributed by atoms with Gasteiger partial charge in [-0.25, -0.2) is 4.98 Å². The molecule has 3 aromatic rings. The zero-order valence-electron chi connectivity index (χ0n) is 11.2. The molecule has 4 rings (SSSR count). The number of aromatic nitrogens is 1. The maximum atomic E-state index is 5.80. The van der Waals surface area contributed by atoms with Gasteiger partial charge < -0.3 is 20.5 Å². The Morgan fingerprint density at radius 2 is 1.90 bits per heavy atom. The van der Waals surface area contributed by atoms with Crippen LogP contribution in [0.25, 0.3) is 10.8 Å². The Hall–Kier alpha value is -2.95. The Morgan fingerprint density at radius 1 is 1.05 bits per heavy atom. The second-order valence-electron chi connectivity index (χ2n) is 4.84. The van der Waals surface area contributed by atoms with Crippen molar-refractivity contribution in [3.05, 3.63) is 48.7 Å². The van der Waals surface area contributed by atoms with Crippen LogP contribution in [0.4, 0.5) is 17.2 Å². The molecule has 3 N–H and O–H groups in total. The quantitative estimate of drug-likeness (QED) is 0.704. The number of nitrogens with one attached hydrogen (secondary N) is 1. The van der Waals surface area contributed by atoms with Gasteiger partial charge in [0.05, 0.1) is 0 Å². The fraction of sp³-hybridized carbons (Fsp3) is 0.0625. The van der Waals surface area contributed by atoms with Gasteiger partial charge in [-0.2, -0.15) is 0 Å². The van der Waals surface area contributed by atoms with E-state index in [1.807, 2.05) is 42.5 Å². The molecule has 0 atom stereocenters. The van der Waals surface area contributed by atoms with Gasteiger partial charge in [0.25, 0.3) is 0 Å². The molecule has 5 nitrogen and oxygen atoms in total. The maximum absolute atomic E-state index is 5.80. The van der Waals surface area contributed by atoms with Crippen LogP contribution in [0.15, 0.2) is 48.7 Å². The highest BCUT2D eigenvalue weighted by Crippen LogP contribution is 2.38. The fourth-order valence-corrected chi connectivity index (χ4v) is 2.42. The number of ether oxygens (including phenoxy) is 2. The minimum atomic E-state index is 0.261. The molecule has 1 aliphatic heterocycles. The van der Waals surface area contributed by atoms with E-state index in [9.17, 15) is 0 Å². The average molecular weight is 279 g/mol. The summed E-state index contributed by atoms with van der Waals surface area (Å²) in [4.78, 5) is 4.41. The normalized spacial score (nSPS) is 12.6. The van der Waals surface area contributed by atoms with Crippen LogP contribution in [0.2, 0.25) is 0 Å². The largest absolute Gasteiger partial charge is 0.454 e. The van der Waals surface area contributed by atoms with Crippen LogP contribution in [0.1, 0.15) is 0 Å². The predicted octanol–water partition coefficient (Wildman–Crippen LogP) is 3.29. The summed E-state index contributed by atoms with van der Waals surface area (Å²) in [6.45, 7) is 0.261. The number of hydrogen-bond acceptors (Lipinski definition) is 5. The number of nitrogen functional groups attached to an aromatic ring is 1. The Kier molecular flexibility index (Phi) is 2.57. The highest BCUT2D eigenvalue weighted by Gasteiger charge is 2.15. The van der Waals surface area contributed by atoms with E-state index in [0.29, 0.717) is 5.69 Å². The third-order valence-electron chi connectivity index (χ3n) is 3.41. The molecule has 0 unspecified atom stereocenters. The van der Waals surface area contributed by atoms with E-state index in [-0.39, 0.29) is 6.79 Å². The molecule has 2 aromatic carbocycles. The smallest absolute Gasteiger partial charge is 0.231 e. The second-order valence-corrected chi connectivity index (χ2v) is 4.84. The van der Waals surface area contributed by atoms with Crippen LogP contribution in [0, 0.1) is 0 Å². The van der Waals surface area contributed by atoms with Gasteiger partial charge in [0, 0.05) is 23.0 Å². The zero-order valence-corrected chi connectivity index (χ0v) is 11.2. The summed E-state index contributed by atoms with van der Waals surface area (Å²) in [7, 11) is 0. The van der Waals surface area contributed by atoms with Crippen LogP contribution in [0.3, 0.4) is 0 Å². The first kappa shape index (κ1) is 11.8. The molecule has 2 heterocycles. The first-order valence-electron chi connectivity index (χ1n) is 6.60. The number of pyridine rings is 1. The van der Waals surface area contributed by atoms with Gasteiger partial charge in [0.2, 0.25) is 6.79 Å². The lowest BCUT2D eigenvalue weighted by molar-refractivity contribution is 0.174. The van der Waals surface area contributed by atoms with Gasteiger partial charge in [0.15, 0.2) is 11.5 Å². The van der Waals surface area contributed by atoms with E-state index in [2.05, 4.69) is 10.3 Å². The number of hydrogen-bond donors (Lipinski definition) is 2. The Morgan fingerprint density at radius 3 is 2.76 bits per heavy atom. The van der Waals surface area contributed by atoms with Gasteiger partial charge in [-0.05, 0) is 41.8 Å². The van der Waals surface area contributed by atoms with Crippen molar-refractivity contribution in [1.29, 1.82) is 0 Å². The van der Waals surface area contributed by atoms with E-state index < -0.39 is 0 Å². The molecule has 1 aromatic heterocycles. The molecule has 21 heavy (non-hydrogen) atoms. The lowest BCUT2D eigenvalue weighted by Gasteiger charge is -2.10. The van der Waals surface area contributed by atoms with Crippen molar-refractivity contribution in [2.24, 2.45) is 0 Å². The van der Waals surface area contributed by atoms with E-state index in [4.69, 9.17) is 15.2 Å². The lowest BCUT2D eigenvalue weighted by Crippen LogP contribution is -1.95. The van der Waals surface area contributed by atoms with Crippen molar-refractivity contribution in [1.82, 2.24) is 4.98 Å². The average Bonchev–Trinajstić information content (AvgIpc) is 2.93. The summed E-state index contributed by atoms with van der Waals surface area (Å²) in [6, 6.07) is 13.4. The van der Waals surface area contributed by atoms with Gasteiger partial charge in [0.1, 0.15) is 5.82 Å². The van der Waals surface area contributed by atoms with Crippen molar-refractivity contribution < 1.29 is 9.47 Å². The van der Waals surface area contributed by atoms with Crippen molar-refractivity contribution in [2.75, 3.05) is 17.8 Å². The molecule has 0 aliphatic carbocycles. The van der Waals surface area contributed by atoms with Crippen molar-refractivity contribution in [2.45, 2.75) is 0 Å². The molecule has 0 radical (unpaired) electrons. The van der Waals surface area contributed by atoms with E-state index >= 15 is 0 Å². The SMILES string of the molecule is Nc1cccc(Nc2nccc3cc4c(cc23)OCO4)c1. The highest BCUT2D eigenvalue weighted by atomic mass is 16.7. The molecule has 0 amide bonds. The third kappa shape index (κ3) is 2.08. The first-order chi connectivity index (χ1) is 10.3. The fourth-order valence-electron chi connectivity index (χ4n) is 2.42. The summed E-state index contributed by atoms with van der Waals surface area (Å²) in [5.41, 5.74) is 7.40. The van der Waals surface area contributed by atoms with E-state index in [0.717, 1.165) is 33.8 Å². The number of rotatable bonds is 2. The Bertz CT molecular complexity index is 833. The minimum absolute atomic E-state index is 0.261. The van der Waals surface area contributed by atoms with Crippen LogP contribution < -0.4 is 20.5 Å². The molecule has 0 spiro atoms. The minimum Gasteiger partial charge on any atom is -0.454 e. The third-order valence-corrected chi connectivity index (χ3v) is 3.41. The monoisotopic (exact) mass is 279 g/mol. The number of anilines is 3. The number of nitrogens with two attached hydrogens (primary N) is 1. The summed E-state index contributed by atoms with van der Waals surface area (Å²) >= 11 is 0. The molecule has 104 valence electrons. The molecule has 0 fully saturated rings. The van der Waals surface area contributed by atoms with Crippen molar-refractivity contribution in [3.63, 3.8) is 0 Å². The Labute approximate surface area is 121 Å². The maximum Gasteiger partial charge on any atom is 0.231 e. The van der Waals surface area contributed by atoms with Crippen molar-refractivity contribution >= 4 is 28.0 Å². The number of nitrogens with zero attached hydrogens (tertiary/aromatic N) is 1. The summed E-state index contributed by atoms with van der Waals surface area (Å²) in [6.07, 6.45) is 1.76. The van der Waals surface area contributed by atoms with Gasteiger partial charge >= 0.3 is 0 Å². The van der Waals surface area contributed by atoms with Gasteiger partial charge in [-0.3, -0.25) is 0 Å². The molecule has 1 aliphatic rings. The molecule has 0 saturated heterocycles. The summed E-state index contributed by atoms with van der Waals surface area (Å²) in [5.74, 6) is 2.27. The zero-order chi connectivity index (χ0) is 14.2. The Balaban J connectivity index is 1.81. The number of fused-ring (bicyclic) bond motifs is 2. The van der Waals surface area contributed by atoms with Crippen LogP contribution >= 0.6 is 0 Å². The topological polar surface area (TPSA) is 69.4 Å². The molecular formula is C16H13N3O2. The van der Waals surface area contributed by atoms with Crippen molar-refractivity contribution in [3.8, 4) is 11.5 Å². The lowest BCUT2D eigenvalue weighted by atomic mass is 10.1. The standard InChI is InChI=1S/C16H13N3O2/c17-11-2-1-3-12(7-11)19-16-13-8-15-14(20-9-21-15)6-10(13)4-5-18-16/h1-8H,9,17H2,(H,18,19). The molecular weight excluding hydrogens is 266 g/mol.